The number of thiazole rings is 1. The molecule has 5 nitrogen and oxygen atoms in total. The average molecular weight is 332 g/mol. The van der Waals surface area contributed by atoms with Gasteiger partial charge in [0.1, 0.15) is 0 Å². The summed E-state index contributed by atoms with van der Waals surface area (Å²) in [5.41, 5.74) is 1.95. The second-order valence-corrected chi connectivity index (χ2v) is 6.42. The van der Waals surface area contributed by atoms with Crippen LogP contribution in [-0.4, -0.2) is 28.0 Å². The van der Waals surface area contributed by atoms with Gasteiger partial charge in [0, 0.05) is 24.3 Å². The van der Waals surface area contributed by atoms with Gasteiger partial charge >= 0.3 is 5.97 Å². The Kier molecular flexibility index (Phi) is 6.29. The Morgan fingerprint density at radius 1 is 1.30 bits per heavy atom. The highest BCUT2D eigenvalue weighted by molar-refractivity contribution is 7.09. The van der Waals surface area contributed by atoms with Crippen molar-refractivity contribution in [3.05, 3.63) is 52.0 Å². The zero-order valence-electron chi connectivity index (χ0n) is 13.0. The standard InChI is InChI=1S/C17H20N2O3S/c1-12(7-8-17(21)22)18-15(20)10-14-11-23-16(19-14)9-13-5-3-2-4-6-13/h2-6,11-12H,7-10H2,1H3,(H,18,20)(H,21,22). The third-order valence-electron chi connectivity index (χ3n) is 3.34. The first kappa shape index (κ1) is 17.1. The third-order valence-corrected chi connectivity index (χ3v) is 4.24. The fraction of sp³-hybridized carbons (Fsp3) is 0.353. The number of nitrogens with one attached hydrogen (secondary N) is 1. The van der Waals surface area contributed by atoms with Crippen LogP contribution in [0.5, 0.6) is 0 Å². The molecule has 6 heteroatoms. The Morgan fingerprint density at radius 2 is 2.04 bits per heavy atom. The molecule has 23 heavy (non-hydrogen) atoms. The van der Waals surface area contributed by atoms with E-state index in [2.05, 4.69) is 22.4 Å². The number of carbonyl (C=O) groups is 2. The summed E-state index contributed by atoms with van der Waals surface area (Å²) in [6.07, 6.45) is 1.47. The van der Waals surface area contributed by atoms with Gasteiger partial charge in [-0.1, -0.05) is 30.3 Å². The Balaban J connectivity index is 1.81. The van der Waals surface area contributed by atoms with Gasteiger partial charge in [-0.2, -0.15) is 0 Å². The fourth-order valence-corrected chi connectivity index (χ4v) is 3.01. The molecule has 1 amide bonds. The van der Waals surface area contributed by atoms with Crippen molar-refractivity contribution in [2.75, 3.05) is 0 Å². The minimum atomic E-state index is -0.851. The zero-order chi connectivity index (χ0) is 16.7. The van der Waals surface area contributed by atoms with Crippen LogP contribution in [-0.2, 0) is 22.4 Å². The normalized spacial score (nSPS) is 11.9. The lowest BCUT2D eigenvalue weighted by molar-refractivity contribution is -0.137. The van der Waals surface area contributed by atoms with Gasteiger partial charge in [0.2, 0.25) is 5.91 Å². The zero-order valence-corrected chi connectivity index (χ0v) is 13.8. The van der Waals surface area contributed by atoms with Gasteiger partial charge in [0.15, 0.2) is 0 Å². The fourth-order valence-electron chi connectivity index (χ4n) is 2.18. The summed E-state index contributed by atoms with van der Waals surface area (Å²) in [5, 5.41) is 14.3. The highest BCUT2D eigenvalue weighted by atomic mass is 32.1. The van der Waals surface area contributed by atoms with E-state index < -0.39 is 5.97 Å². The molecule has 1 aromatic heterocycles. The number of amides is 1. The molecule has 0 saturated carbocycles. The molecule has 122 valence electrons. The smallest absolute Gasteiger partial charge is 0.303 e. The van der Waals surface area contributed by atoms with Gasteiger partial charge in [0.25, 0.3) is 0 Å². The molecule has 0 bridgehead atoms. The van der Waals surface area contributed by atoms with E-state index in [1.54, 1.807) is 11.3 Å². The van der Waals surface area contributed by atoms with Crippen molar-refractivity contribution >= 4 is 23.2 Å². The molecular weight excluding hydrogens is 312 g/mol. The first-order valence-corrected chi connectivity index (χ1v) is 8.39. The van der Waals surface area contributed by atoms with E-state index in [9.17, 15) is 9.59 Å². The molecule has 2 aromatic rings. The van der Waals surface area contributed by atoms with Crippen LogP contribution < -0.4 is 5.32 Å². The van der Waals surface area contributed by atoms with Crippen molar-refractivity contribution in [2.45, 2.75) is 38.6 Å². The molecule has 0 radical (unpaired) electrons. The van der Waals surface area contributed by atoms with Gasteiger partial charge < -0.3 is 10.4 Å². The van der Waals surface area contributed by atoms with Gasteiger partial charge in [-0.25, -0.2) is 4.98 Å². The number of nitrogens with zero attached hydrogens (tertiary/aromatic N) is 1. The largest absolute Gasteiger partial charge is 0.481 e. The highest BCUT2D eigenvalue weighted by Crippen LogP contribution is 2.15. The average Bonchev–Trinajstić information content (AvgIpc) is 2.93. The Bertz CT molecular complexity index is 655. The summed E-state index contributed by atoms with van der Waals surface area (Å²) in [4.78, 5) is 26.9. The lowest BCUT2D eigenvalue weighted by atomic mass is 10.1. The number of carboxylic acid groups (broad SMARTS) is 1. The maximum absolute atomic E-state index is 11.9. The Morgan fingerprint density at radius 3 is 2.74 bits per heavy atom. The van der Waals surface area contributed by atoms with Crippen molar-refractivity contribution in [1.82, 2.24) is 10.3 Å². The maximum atomic E-state index is 11.9. The molecule has 0 aliphatic heterocycles. The molecule has 2 rings (SSSR count). The summed E-state index contributed by atoms with van der Waals surface area (Å²) in [7, 11) is 0. The molecule has 0 spiro atoms. The monoisotopic (exact) mass is 332 g/mol. The Hall–Kier alpha value is -2.21. The number of carboxylic acids is 1. The van der Waals surface area contributed by atoms with Crippen molar-refractivity contribution in [3.8, 4) is 0 Å². The van der Waals surface area contributed by atoms with Crippen LogP contribution in [0.4, 0.5) is 0 Å². The molecule has 1 heterocycles. The van der Waals surface area contributed by atoms with E-state index in [1.165, 1.54) is 5.56 Å². The molecular formula is C17H20N2O3S. The van der Waals surface area contributed by atoms with E-state index in [-0.39, 0.29) is 24.8 Å². The molecule has 1 atom stereocenters. The summed E-state index contributed by atoms with van der Waals surface area (Å²) in [6.45, 7) is 1.81. The number of carbonyl (C=O) groups excluding carboxylic acids is 1. The quantitative estimate of drug-likeness (QED) is 0.779. The topological polar surface area (TPSA) is 79.3 Å². The van der Waals surface area contributed by atoms with Gasteiger partial charge in [0.05, 0.1) is 17.1 Å². The number of aliphatic carboxylic acids is 1. The van der Waals surface area contributed by atoms with Crippen LogP contribution in [0, 0.1) is 0 Å². The van der Waals surface area contributed by atoms with Crippen LogP contribution in [0.2, 0.25) is 0 Å². The van der Waals surface area contributed by atoms with Gasteiger partial charge in [-0.3, -0.25) is 9.59 Å². The lowest BCUT2D eigenvalue weighted by Gasteiger charge is -2.11. The third kappa shape index (κ3) is 6.20. The summed E-state index contributed by atoms with van der Waals surface area (Å²) in [6, 6.07) is 9.93. The van der Waals surface area contributed by atoms with Crippen molar-refractivity contribution in [3.63, 3.8) is 0 Å². The number of hydrogen-bond acceptors (Lipinski definition) is 4. The minimum Gasteiger partial charge on any atom is -0.481 e. The van der Waals surface area contributed by atoms with Crippen molar-refractivity contribution in [1.29, 1.82) is 0 Å². The summed E-state index contributed by atoms with van der Waals surface area (Å²) < 4.78 is 0. The first-order chi connectivity index (χ1) is 11.0. The van der Waals surface area contributed by atoms with Crippen LogP contribution in [0.25, 0.3) is 0 Å². The van der Waals surface area contributed by atoms with Gasteiger partial charge in [-0.15, -0.1) is 11.3 Å². The van der Waals surface area contributed by atoms with E-state index in [4.69, 9.17) is 5.11 Å². The second-order valence-electron chi connectivity index (χ2n) is 5.47. The molecule has 0 aliphatic carbocycles. The number of benzene rings is 1. The maximum Gasteiger partial charge on any atom is 0.303 e. The predicted molar refractivity (Wildman–Crippen MR) is 89.5 cm³/mol. The second kappa shape index (κ2) is 8.43. The van der Waals surface area contributed by atoms with Crippen molar-refractivity contribution in [2.24, 2.45) is 0 Å². The van der Waals surface area contributed by atoms with E-state index in [0.717, 1.165) is 17.1 Å². The molecule has 1 aromatic carbocycles. The molecule has 1 unspecified atom stereocenters. The molecule has 0 fully saturated rings. The van der Waals surface area contributed by atoms with Crippen LogP contribution in [0.3, 0.4) is 0 Å². The lowest BCUT2D eigenvalue weighted by Crippen LogP contribution is -2.34. The molecule has 0 aliphatic rings. The highest BCUT2D eigenvalue weighted by Gasteiger charge is 2.12. The molecule has 2 N–H and O–H groups in total. The van der Waals surface area contributed by atoms with Crippen molar-refractivity contribution < 1.29 is 14.7 Å². The van der Waals surface area contributed by atoms with E-state index >= 15 is 0 Å². The first-order valence-electron chi connectivity index (χ1n) is 7.51. The number of aromatic nitrogens is 1. The number of hydrogen-bond donors (Lipinski definition) is 2. The van der Waals surface area contributed by atoms with Crippen LogP contribution in [0.15, 0.2) is 35.7 Å². The minimum absolute atomic E-state index is 0.0549. The summed E-state index contributed by atoms with van der Waals surface area (Å²) >= 11 is 1.55. The van der Waals surface area contributed by atoms with Gasteiger partial charge in [-0.05, 0) is 18.9 Å². The van der Waals surface area contributed by atoms with E-state index in [0.29, 0.717) is 6.42 Å². The molecule has 0 saturated heterocycles. The summed E-state index contributed by atoms with van der Waals surface area (Å²) in [5.74, 6) is -0.976. The predicted octanol–water partition coefficient (Wildman–Crippen LogP) is 2.65. The SMILES string of the molecule is CC(CCC(=O)O)NC(=O)Cc1csc(Cc2ccccc2)n1. The number of rotatable bonds is 8. The van der Waals surface area contributed by atoms with Crippen LogP contribution >= 0.6 is 11.3 Å². The van der Waals surface area contributed by atoms with E-state index in [1.807, 2.05) is 30.5 Å². The van der Waals surface area contributed by atoms with Crippen LogP contribution in [0.1, 0.15) is 36.0 Å². The Labute approximate surface area is 139 Å².